The quantitative estimate of drug-likeness (QED) is 0.671. The van der Waals surface area contributed by atoms with Crippen LogP contribution in [0, 0.1) is 0 Å². The minimum Gasteiger partial charge on any atom is -0.454 e. The Hall–Kier alpha value is -2.89. The Morgan fingerprint density at radius 1 is 1.25 bits per heavy atom. The molecule has 0 saturated heterocycles. The van der Waals surface area contributed by atoms with E-state index in [0.717, 1.165) is 11.3 Å². The number of amides is 1. The normalized spacial score (nSPS) is 13.4. The van der Waals surface area contributed by atoms with Crippen LogP contribution in [0.1, 0.15) is 35.8 Å². The number of Topliss-reactive ketones (excluding diaryl/α,β-unsaturated/α-hetero) is 1. The number of carbonyl (C=O) groups excluding carboxylic acids is 2. The molecule has 0 radical (unpaired) electrons. The molecule has 1 atom stereocenters. The maximum Gasteiger partial charge on any atom is 0.289 e. The van der Waals surface area contributed by atoms with E-state index in [1.165, 1.54) is 6.92 Å². The van der Waals surface area contributed by atoms with Crippen molar-refractivity contribution >= 4 is 11.7 Å². The smallest absolute Gasteiger partial charge is 0.289 e. The van der Waals surface area contributed by atoms with Gasteiger partial charge in [-0.05, 0) is 30.7 Å². The van der Waals surface area contributed by atoms with Gasteiger partial charge in [0.2, 0.25) is 12.8 Å². The van der Waals surface area contributed by atoms with Crippen molar-refractivity contribution in [2.75, 3.05) is 6.79 Å². The van der Waals surface area contributed by atoms with Crippen molar-refractivity contribution in [3.05, 3.63) is 53.9 Å². The van der Waals surface area contributed by atoms with Gasteiger partial charge in [-0.3, -0.25) is 9.59 Å². The predicted octanol–water partition coefficient (Wildman–Crippen LogP) is 1.78. The Kier molecular flexibility index (Phi) is 4.46. The molecule has 3 rings (SSSR count). The van der Waals surface area contributed by atoms with E-state index in [1.807, 2.05) is 18.2 Å². The van der Waals surface area contributed by atoms with Crippen molar-refractivity contribution in [3.8, 4) is 11.5 Å². The summed E-state index contributed by atoms with van der Waals surface area (Å²) in [6, 6.07) is 8.66. The third kappa shape index (κ3) is 3.37. The first-order chi connectivity index (χ1) is 11.5. The molecule has 124 valence electrons. The average molecular weight is 327 g/mol. The number of nitrogens with one attached hydrogen (secondary N) is 1. The fraction of sp³-hybridized carbons (Fsp3) is 0.278. The zero-order chi connectivity index (χ0) is 17.1. The molecule has 0 saturated carbocycles. The van der Waals surface area contributed by atoms with Crippen molar-refractivity contribution in [2.45, 2.75) is 26.4 Å². The van der Waals surface area contributed by atoms with E-state index in [4.69, 9.17) is 9.47 Å². The van der Waals surface area contributed by atoms with Gasteiger partial charge in [0, 0.05) is 19.5 Å². The largest absolute Gasteiger partial charge is 0.454 e. The molecule has 1 N–H and O–H groups in total. The molecule has 1 amide bonds. The van der Waals surface area contributed by atoms with Crippen LogP contribution in [0.2, 0.25) is 0 Å². The maximum absolute atomic E-state index is 12.4. The number of ketones is 1. The lowest BCUT2D eigenvalue weighted by molar-refractivity contribution is -0.706. The number of benzene rings is 1. The van der Waals surface area contributed by atoms with E-state index < -0.39 is 6.04 Å². The highest BCUT2D eigenvalue weighted by molar-refractivity contribution is 5.93. The number of hydrogen-bond acceptors (Lipinski definition) is 4. The van der Waals surface area contributed by atoms with Gasteiger partial charge in [0.1, 0.15) is 0 Å². The first-order valence-corrected chi connectivity index (χ1v) is 7.72. The van der Waals surface area contributed by atoms with Gasteiger partial charge in [-0.25, -0.2) is 0 Å². The molecule has 0 fully saturated rings. The van der Waals surface area contributed by atoms with E-state index in [2.05, 4.69) is 5.32 Å². The van der Waals surface area contributed by atoms with Gasteiger partial charge < -0.3 is 14.8 Å². The molecular formula is C18H19N2O4+. The second kappa shape index (κ2) is 6.70. The van der Waals surface area contributed by atoms with Crippen molar-refractivity contribution in [1.29, 1.82) is 0 Å². The Morgan fingerprint density at radius 2 is 2.04 bits per heavy atom. The molecule has 6 nitrogen and oxygen atoms in total. The van der Waals surface area contributed by atoms with E-state index in [9.17, 15) is 9.59 Å². The molecule has 0 spiro atoms. The Bertz CT molecular complexity index is 788. The summed E-state index contributed by atoms with van der Waals surface area (Å²) < 4.78 is 12.3. The van der Waals surface area contributed by atoms with Crippen LogP contribution in [-0.2, 0) is 11.3 Å². The van der Waals surface area contributed by atoms with Crippen molar-refractivity contribution in [2.24, 2.45) is 0 Å². The first kappa shape index (κ1) is 16.0. The lowest BCUT2D eigenvalue weighted by Gasteiger charge is -2.09. The molecule has 24 heavy (non-hydrogen) atoms. The Labute approximate surface area is 140 Å². The number of aromatic nitrogens is 1. The zero-order valence-electron chi connectivity index (χ0n) is 13.6. The Balaban J connectivity index is 1.64. The van der Waals surface area contributed by atoms with Crippen LogP contribution in [0.3, 0.4) is 0 Å². The number of pyridine rings is 1. The molecule has 1 aliphatic heterocycles. The van der Waals surface area contributed by atoms with Crippen molar-refractivity contribution < 1.29 is 23.6 Å². The van der Waals surface area contributed by atoms with E-state index in [-0.39, 0.29) is 18.5 Å². The lowest BCUT2D eigenvalue weighted by Crippen LogP contribution is -2.46. The van der Waals surface area contributed by atoms with Gasteiger partial charge in [-0.2, -0.15) is 4.57 Å². The minimum absolute atomic E-state index is 0.0303. The molecule has 1 aromatic heterocycles. The van der Waals surface area contributed by atoms with Gasteiger partial charge in [-0.15, -0.1) is 0 Å². The highest BCUT2D eigenvalue weighted by atomic mass is 16.7. The summed E-state index contributed by atoms with van der Waals surface area (Å²) in [5.74, 6) is 1.25. The molecule has 1 aliphatic rings. The molecule has 2 heterocycles. The van der Waals surface area contributed by atoms with Crippen LogP contribution in [0.5, 0.6) is 11.5 Å². The fourth-order valence-electron chi connectivity index (χ4n) is 2.47. The van der Waals surface area contributed by atoms with Gasteiger partial charge in [0.15, 0.2) is 29.7 Å². The van der Waals surface area contributed by atoms with E-state index in [0.29, 0.717) is 17.9 Å². The average Bonchev–Trinajstić information content (AvgIpc) is 3.06. The summed E-state index contributed by atoms with van der Waals surface area (Å²) in [4.78, 5) is 23.8. The van der Waals surface area contributed by atoms with Crippen LogP contribution >= 0.6 is 0 Å². The van der Waals surface area contributed by atoms with Gasteiger partial charge in [-0.1, -0.05) is 6.07 Å². The number of ether oxygens (including phenoxy) is 2. The molecule has 0 unspecified atom stereocenters. The topological polar surface area (TPSA) is 68.5 Å². The van der Waals surface area contributed by atoms with E-state index in [1.54, 1.807) is 36.0 Å². The van der Waals surface area contributed by atoms with Crippen LogP contribution in [0.25, 0.3) is 0 Å². The number of fused-ring (bicyclic) bond motifs is 1. The van der Waals surface area contributed by atoms with Crippen molar-refractivity contribution in [1.82, 2.24) is 5.32 Å². The third-order valence-corrected chi connectivity index (χ3v) is 3.96. The monoisotopic (exact) mass is 327 g/mol. The van der Waals surface area contributed by atoms with Crippen LogP contribution < -0.4 is 19.4 Å². The molecular weight excluding hydrogens is 308 g/mol. The summed E-state index contributed by atoms with van der Waals surface area (Å²) in [6.07, 6.45) is 3.46. The highest BCUT2D eigenvalue weighted by Crippen LogP contribution is 2.32. The highest BCUT2D eigenvalue weighted by Gasteiger charge is 2.22. The summed E-state index contributed by atoms with van der Waals surface area (Å²) >= 11 is 0. The number of hydrogen-bond donors (Lipinski definition) is 1. The number of carbonyl (C=O) groups is 2. The third-order valence-electron chi connectivity index (χ3n) is 3.96. The maximum atomic E-state index is 12.4. The summed E-state index contributed by atoms with van der Waals surface area (Å²) in [6.45, 7) is 3.92. The molecule has 2 aromatic rings. The second-order valence-electron chi connectivity index (χ2n) is 5.68. The molecule has 1 aromatic carbocycles. The zero-order valence-corrected chi connectivity index (χ0v) is 13.6. The van der Waals surface area contributed by atoms with Crippen LogP contribution in [0.15, 0.2) is 42.7 Å². The molecule has 0 bridgehead atoms. The van der Waals surface area contributed by atoms with Gasteiger partial charge in [0.05, 0.1) is 5.56 Å². The summed E-state index contributed by atoms with van der Waals surface area (Å²) in [5.41, 5.74) is 1.51. The number of nitrogens with zero attached hydrogens (tertiary/aromatic N) is 1. The van der Waals surface area contributed by atoms with Crippen molar-refractivity contribution in [3.63, 3.8) is 0 Å². The standard InChI is InChI=1S/C18H18N2O4/c1-12(20-7-3-4-15(10-20)13(2)21)18(22)19-9-14-5-6-16-17(8-14)24-11-23-16/h3-8,10,12H,9,11H2,1-2H3/p+1/t12-/m1/s1. The molecule has 0 aliphatic carbocycles. The summed E-state index contributed by atoms with van der Waals surface area (Å²) in [7, 11) is 0. The number of rotatable bonds is 5. The first-order valence-electron chi connectivity index (χ1n) is 7.72. The van der Waals surface area contributed by atoms with Crippen LogP contribution in [0.4, 0.5) is 0 Å². The minimum atomic E-state index is -0.418. The summed E-state index contributed by atoms with van der Waals surface area (Å²) in [5, 5.41) is 2.90. The van der Waals surface area contributed by atoms with Crippen LogP contribution in [-0.4, -0.2) is 18.5 Å². The van der Waals surface area contributed by atoms with E-state index >= 15 is 0 Å². The fourth-order valence-corrected chi connectivity index (χ4v) is 2.47. The lowest BCUT2D eigenvalue weighted by atomic mass is 10.2. The van der Waals surface area contributed by atoms with Gasteiger partial charge in [0.25, 0.3) is 5.91 Å². The SMILES string of the molecule is CC(=O)c1ccc[n+]([C@H](C)C(=O)NCc2ccc3c(c2)OCO3)c1. The second-order valence-corrected chi connectivity index (χ2v) is 5.68. The molecule has 6 heteroatoms. The Morgan fingerprint density at radius 3 is 2.83 bits per heavy atom. The van der Waals surface area contributed by atoms with Gasteiger partial charge >= 0.3 is 0 Å². The predicted molar refractivity (Wildman–Crippen MR) is 85.8 cm³/mol.